The van der Waals surface area contributed by atoms with Gasteiger partial charge < -0.3 is 25.2 Å². The van der Waals surface area contributed by atoms with Gasteiger partial charge in [-0.1, -0.05) is 38.5 Å². The van der Waals surface area contributed by atoms with E-state index >= 15 is 0 Å². The first-order chi connectivity index (χ1) is 15.1. The Kier molecular flexibility index (Phi) is 13.3. The molecule has 0 heterocycles. The van der Waals surface area contributed by atoms with Crippen molar-refractivity contribution in [3.63, 3.8) is 0 Å². The van der Waals surface area contributed by atoms with Crippen LogP contribution in [0, 0.1) is 0 Å². The quantitative estimate of drug-likeness (QED) is 0.459. The highest BCUT2D eigenvalue weighted by Crippen LogP contribution is 2.22. The number of carboxylic acids is 1. The lowest BCUT2D eigenvalue weighted by Gasteiger charge is -2.30. The van der Waals surface area contributed by atoms with Gasteiger partial charge in [-0.05, 0) is 59.8 Å². The lowest BCUT2D eigenvalue weighted by atomic mass is 9.91. The maximum atomic E-state index is 11.6. The fraction of sp³-hybridized carbons (Fsp3) is 0.875. The summed E-state index contributed by atoms with van der Waals surface area (Å²) in [6.07, 6.45) is 13.5. The van der Waals surface area contributed by atoms with Gasteiger partial charge in [0, 0.05) is 18.5 Å². The normalized spacial score (nSPS) is 18.6. The van der Waals surface area contributed by atoms with Crippen molar-refractivity contribution in [2.45, 2.75) is 128 Å². The van der Waals surface area contributed by atoms with E-state index in [4.69, 9.17) is 14.6 Å². The molecule has 186 valence electrons. The highest BCUT2D eigenvalue weighted by Gasteiger charge is 2.26. The molecule has 0 saturated heterocycles. The molecule has 0 aromatic heterocycles. The second-order valence-electron chi connectivity index (χ2n) is 9.72. The van der Waals surface area contributed by atoms with Crippen molar-refractivity contribution in [3.05, 3.63) is 0 Å². The average molecular weight is 457 g/mol. The van der Waals surface area contributed by atoms with E-state index in [2.05, 4.69) is 10.6 Å². The number of carbonyl (C=O) groups excluding carboxylic acids is 2. The third-order valence-corrected chi connectivity index (χ3v) is 5.59. The SMILES string of the molecule is C1CCC(NC2CCCCC2)CC1.CCOC(=O)[C@H](CCC(=O)O)NC(=O)OC(C)(C)C. The lowest BCUT2D eigenvalue weighted by molar-refractivity contribution is -0.146. The first-order valence-corrected chi connectivity index (χ1v) is 12.2. The molecule has 0 bridgehead atoms. The van der Waals surface area contributed by atoms with Crippen LogP contribution in [-0.2, 0) is 19.1 Å². The molecule has 2 saturated carbocycles. The largest absolute Gasteiger partial charge is 0.481 e. The van der Waals surface area contributed by atoms with E-state index in [0.717, 1.165) is 12.1 Å². The molecule has 0 aromatic rings. The Labute approximate surface area is 193 Å². The van der Waals surface area contributed by atoms with Crippen molar-refractivity contribution in [1.82, 2.24) is 10.6 Å². The number of aliphatic carboxylic acids is 1. The van der Waals surface area contributed by atoms with Crippen molar-refractivity contribution in [2.75, 3.05) is 6.61 Å². The van der Waals surface area contributed by atoms with Crippen LogP contribution in [0.3, 0.4) is 0 Å². The van der Waals surface area contributed by atoms with E-state index in [1.807, 2.05) is 0 Å². The topological polar surface area (TPSA) is 114 Å². The van der Waals surface area contributed by atoms with E-state index in [1.165, 1.54) is 64.2 Å². The van der Waals surface area contributed by atoms with E-state index in [1.54, 1.807) is 27.7 Å². The van der Waals surface area contributed by atoms with Crippen LogP contribution in [0.1, 0.15) is 105 Å². The van der Waals surface area contributed by atoms with Crippen LogP contribution in [0.25, 0.3) is 0 Å². The molecule has 1 amide bonds. The van der Waals surface area contributed by atoms with Crippen molar-refractivity contribution in [2.24, 2.45) is 0 Å². The van der Waals surface area contributed by atoms with Gasteiger partial charge in [-0.3, -0.25) is 4.79 Å². The molecule has 1 atom stereocenters. The van der Waals surface area contributed by atoms with E-state index in [0.29, 0.717) is 0 Å². The summed E-state index contributed by atoms with van der Waals surface area (Å²) in [5.41, 5.74) is -0.698. The van der Waals surface area contributed by atoms with Crippen molar-refractivity contribution in [3.8, 4) is 0 Å². The van der Waals surface area contributed by atoms with Crippen LogP contribution in [-0.4, -0.2) is 53.5 Å². The zero-order valence-electron chi connectivity index (χ0n) is 20.4. The van der Waals surface area contributed by atoms with E-state index in [-0.39, 0.29) is 19.4 Å². The Morgan fingerprint density at radius 2 is 1.44 bits per heavy atom. The fourth-order valence-corrected chi connectivity index (χ4v) is 4.08. The highest BCUT2D eigenvalue weighted by molar-refractivity contribution is 5.82. The van der Waals surface area contributed by atoms with E-state index in [9.17, 15) is 14.4 Å². The molecule has 0 spiro atoms. The number of hydrogen-bond donors (Lipinski definition) is 3. The summed E-state index contributed by atoms with van der Waals surface area (Å²) in [6, 6.07) is 0.722. The molecule has 0 aliphatic heterocycles. The van der Waals surface area contributed by atoms with Gasteiger partial charge in [0.25, 0.3) is 0 Å². The summed E-state index contributed by atoms with van der Waals surface area (Å²) in [7, 11) is 0. The number of alkyl carbamates (subject to hydrolysis) is 1. The first kappa shape index (κ1) is 28.2. The Morgan fingerprint density at radius 3 is 1.84 bits per heavy atom. The molecule has 2 rings (SSSR count). The van der Waals surface area contributed by atoms with Gasteiger partial charge in [-0.15, -0.1) is 0 Å². The minimum Gasteiger partial charge on any atom is -0.481 e. The number of ether oxygens (including phenoxy) is 2. The van der Waals surface area contributed by atoms with Crippen LogP contribution < -0.4 is 10.6 Å². The molecule has 32 heavy (non-hydrogen) atoms. The number of esters is 1. The van der Waals surface area contributed by atoms with Gasteiger partial charge in [0.1, 0.15) is 11.6 Å². The van der Waals surface area contributed by atoms with Crippen molar-refractivity contribution >= 4 is 18.0 Å². The smallest absolute Gasteiger partial charge is 0.408 e. The zero-order valence-corrected chi connectivity index (χ0v) is 20.4. The van der Waals surface area contributed by atoms with Gasteiger partial charge in [-0.2, -0.15) is 0 Å². The van der Waals surface area contributed by atoms with Crippen LogP contribution in [0.5, 0.6) is 0 Å². The van der Waals surface area contributed by atoms with Gasteiger partial charge in [0.05, 0.1) is 6.61 Å². The molecule has 0 aromatic carbocycles. The third kappa shape index (κ3) is 13.6. The molecule has 2 fully saturated rings. The predicted octanol–water partition coefficient (Wildman–Crippen LogP) is 4.55. The summed E-state index contributed by atoms with van der Waals surface area (Å²) >= 11 is 0. The number of hydrogen-bond acceptors (Lipinski definition) is 6. The maximum absolute atomic E-state index is 11.6. The van der Waals surface area contributed by atoms with Gasteiger partial charge in [0.15, 0.2) is 0 Å². The standard InChI is InChI=1S/C12H21NO6.C12H23N/c1-5-18-10(16)8(6-7-9(14)15)13-11(17)19-12(2,3)4;1-3-7-11(8-4-1)13-12-9-5-2-6-10-12/h8H,5-7H2,1-4H3,(H,13,17)(H,14,15);11-13H,1-10H2/t8-;/m0./s1. The van der Waals surface area contributed by atoms with Crippen molar-refractivity contribution < 1.29 is 29.0 Å². The summed E-state index contributed by atoms with van der Waals surface area (Å²) in [5.74, 6) is -1.73. The first-order valence-electron chi connectivity index (χ1n) is 12.2. The summed E-state index contributed by atoms with van der Waals surface area (Å²) in [5, 5.41) is 14.8. The van der Waals surface area contributed by atoms with Gasteiger partial charge >= 0.3 is 18.0 Å². The molecular formula is C24H44N2O6. The number of rotatable bonds is 8. The zero-order chi connectivity index (χ0) is 24.0. The second-order valence-corrected chi connectivity index (χ2v) is 9.72. The number of carboxylic acid groups (broad SMARTS) is 1. The summed E-state index contributed by atoms with van der Waals surface area (Å²) < 4.78 is 9.76. The molecule has 8 nitrogen and oxygen atoms in total. The molecule has 3 N–H and O–H groups in total. The monoisotopic (exact) mass is 456 g/mol. The van der Waals surface area contributed by atoms with Crippen LogP contribution in [0.4, 0.5) is 4.79 Å². The minimum atomic E-state index is -1.06. The molecule has 2 aliphatic carbocycles. The molecule has 8 heteroatoms. The van der Waals surface area contributed by atoms with Crippen LogP contribution >= 0.6 is 0 Å². The molecule has 0 radical (unpaired) electrons. The summed E-state index contributed by atoms with van der Waals surface area (Å²) in [4.78, 5) is 33.6. The average Bonchev–Trinajstić information content (AvgIpc) is 2.72. The molecular weight excluding hydrogens is 412 g/mol. The second kappa shape index (κ2) is 15.1. The maximum Gasteiger partial charge on any atom is 0.408 e. The van der Waals surface area contributed by atoms with Gasteiger partial charge in [0.2, 0.25) is 0 Å². The van der Waals surface area contributed by atoms with Gasteiger partial charge in [-0.25, -0.2) is 9.59 Å². The van der Waals surface area contributed by atoms with Crippen LogP contribution in [0.15, 0.2) is 0 Å². The Morgan fingerprint density at radius 1 is 0.938 bits per heavy atom. The fourth-order valence-electron chi connectivity index (χ4n) is 4.08. The van der Waals surface area contributed by atoms with E-state index < -0.39 is 29.7 Å². The number of nitrogens with one attached hydrogen (secondary N) is 2. The third-order valence-electron chi connectivity index (χ3n) is 5.59. The lowest BCUT2D eigenvalue weighted by Crippen LogP contribution is -2.44. The number of carbonyl (C=O) groups is 3. The highest BCUT2D eigenvalue weighted by atomic mass is 16.6. The molecule has 0 unspecified atom stereocenters. The number of amides is 1. The minimum absolute atomic E-state index is 0.0482. The Bertz CT molecular complexity index is 547. The van der Waals surface area contributed by atoms with Crippen molar-refractivity contribution in [1.29, 1.82) is 0 Å². The Balaban J connectivity index is 0.000000339. The van der Waals surface area contributed by atoms with Crippen LogP contribution in [0.2, 0.25) is 0 Å². The Hall–Kier alpha value is -1.83. The predicted molar refractivity (Wildman–Crippen MR) is 124 cm³/mol. The summed E-state index contributed by atoms with van der Waals surface area (Å²) in [6.45, 7) is 6.83. The molecule has 2 aliphatic rings.